The first-order valence-corrected chi connectivity index (χ1v) is 18.2. The van der Waals surface area contributed by atoms with Gasteiger partial charge in [0.2, 0.25) is 0 Å². The van der Waals surface area contributed by atoms with Crippen LogP contribution in [-0.2, 0) is 36.7 Å². The Hall–Kier alpha value is -3.67. The number of carbonyl (C=O) groups excluding carboxylic acids is 1. The molecule has 1 radical (unpaired) electrons. The van der Waals surface area contributed by atoms with E-state index in [9.17, 15) is 9.90 Å². The van der Waals surface area contributed by atoms with Gasteiger partial charge in [-0.25, -0.2) is 4.98 Å². The van der Waals surface area contributed by atoms with E-state index in [4.69, 9.17) is 4.42 Å². The van der Waals surface area contributed by atoms with E-state index in [1.54, 1.807) is 12.5 Å². The van der Waals surface area contributed by atoms with Gasteiger partial charge in [0.15, 0.2) is 5.78 Å². The van der Waals surface area contributed by atoms with Crippen molar-refractivity contribution < 1.29 is 34.4 Å². The van der Waals surface area contributed by atoms with Crippen LogP contribution in [0.15, 0.2) is 77.3 Å². The number of allylic oxidation sites excluding steroid dienone is 2. The number of ketones is 1. The summed E-state index contributed by atoms with van der Waals surface area (Å²) in [6.07, 6.45) is 9.04. The number of benzene rings is 2. The largest absolute Gasteiger partial charge is 0.512 e. The second-order valence-corrected chi connectivity index (χ2v) is 15.5. The second kappa shape index (κ2) is 17.2. The minimum atomic E-state index is -0.337. The number of aliphatic hydroxyl groups excluding tert-OH is 1. The van der Waals surface area contributed by atoms with Crippen molar-refractivity contribution in [3.63, 3.8) is 0 Å². The van der Waals surface area contributed by atoms with Gasteiger partial charge in [-0.2, -0.15) is 0 Å². The van der Waals surface area contributed by atoms with E-state index in [0.717, 1.165) is 76.9 Å². The first-order chi connectivity index (χ1) is 23.6. The summed E-state index contributed by atoms with van der Waals surface area (Å²) in [5, 5.41) is 13.4. The van der Waals surface area contributed by atoms with E-state index < -0.39 is 0 Å². The van der Waals surface area contributed by atoms with Crippen LogP contribution in [-0.4, -0.2) is 25.8 Å². The summed E-state index contributed by atoms with van der Waals surface area (Å²) in [4.78, 5) is 26.0. The van der Waals surface area contributed by atoms with Crippen LogP contribution >= 0.6 is 0 Å². The zero-order valence-electron chi connectivity index (χ0n) is 32.4. The fourth-order valence-electron chi connectivity index (χ4n) is 6.03. The number of furan rings is 1. The summed E-state index contributed by atoms with van der Waals surface area (Å²) < 4.78 is 6.07. The van der Waals surface area contributed by atoms with Crippen LogP contribution < -0.4 is 0 Å². The van der Waals surface area contributed by atoms with E-state index in [0.29, 0.717) is 5.92 Å². The molecule has 0 fully saturated rings. The standard InChI is InChI=1S/C29H28N3O.C15H28O2.Ir/c1-18(2)12-21-15-23-27(33-21)10-11-30-28(23)26-16-25(31-17-32-26)20-13-19-8-6-7-9-22(19)24(14-20)29(3,4)5;1-7-14(5,8-2)12(16)11-13(17)15(6,9-3)10-4;/h6-11,14-18H,12H2,1-5H3;11,16H,7-10H2,1-6H3;/q-1;;/b;12-11-;. The van der Waals surface area contributed by atoms with Crippen molar-refractivity contribution in [2.45, 2.75) is 114 Å². The Labute approximate surface area is 319 Å². The Balaban J connectivity index is 0.000000335. The van der Waals surface area contributed by atoms with E-state index in [1.165, 1.54) is 17.0 Å². The number of carbonyl (C=O) groups is 1. The Morgan fingerprint density at radius 2 is 1.47 bits per heavy atom. The molecule has 0 saturated heterocycles. The molecule has 3 heterocycles. The number of hydrogen-bond donors (Lipinski definition) is 1. The van der Waals surface area contributed by atoms with Crippen LogP contribution in [0.5, 0.6) is 0 Å². The number of aliphatic hydroxyl groups is 1. The summed E-state index contributed by atoms with van der Waals surface area (Å²) in [5.74, 6) is 1.78. The summed E-state index contributed by atoms with van der Waals surface area (Å²) in [6.45, 7) is 23.2. The summed E-state index contributed by atoms with van der Waals surface area (Å²) in [6, 6.07) is 20.2. The Morgan fingerprint density at radius 1 is 0.843 bits per heavy atom. The number of aromatic nitrogens is 3. The molecule has 6 nitrogen and oxygen atoms in total. The summed E-state index contributed by atoms with van der Waals surface area (Å²) in [5.41, 5.74) is 4.89. The Kier molecular flexibility index (Phi) is 14.1. The zero-order chi connectivity index (χ0) is 36.9. The maximum absolute atomic E-state index is 12.2. The summed E-state index contributed by atoms with van der Waals surface area (Å²) >= 11 is 0. The number of pyridine rings is 1. The topological polar surface area (TPSA) is 89.1 Å². The molecule has 1 N–H and O–H groups in total. The summed E-state index contributed by atoms with van der Waals surface area (Å²) in [7, 11) is 0. The van der Waals surface area contributed by atoms with Gasteiger partial charge in [-0.15, -0.1) is 29.1 Å². The van der Waals surface area contributed by atoms with Gasteiger partial charge in [-0.1, -0.05) is 105 Å². The number of nitrogens with zero attached hydrogens (tertiary/aromatic N) is 3. The monoisotopic (exact) mass is 867 g/mol. The molecule has 0 bridgehead atoms. The predicted molar refractivity (Wildman–Crippen MR) is 207 cm³/mol. The van der Waals surface area contributed by atoms with Crippen molar-refractivity contribution in [3.8, 4) is 22.6 Å². The predicted octanol–water partition coefficient (Wildman–Crippen LogP) is 12.0. The smallest absolute Gasteiger partial charge is 0.164 e. The Bertz CT molecular complexity index is 1960. The van der Waals surface area contributed by atoms with Crippen LogP contribution in [0.4, 0.5) is 0 Å². The van der Waals surface area contributed by atoms with Gasteiger partial charge in [0.25, 0.3) is 0 Å². The van der Waals surface area contributed by atoms with Crippen molar-refractivity contribution in [3.05, 3.63) is 90.3 Å². The third-order valence-electron chi connectivity index (χ3n) is 10.5. The van der Waals surface area contributed by atoms with Crippen LogP contribution in [0.1, 0.15) is 113 Å². The number of hydrogen-bond acceptors (Lipinski definition) is 6. The van der Waals surface area contributed by atoms with E-state index in [1.807, 2.05) is 53.7 Å². The van der Waals surface area contributed by atoms with Crippen LogP contribution in [0, 0.1) is 22.8 Å². The molecule has 3 aromatic heterocycles. The van der Waals surface area contributed by atoms with Gasteiger partial charge in [-0.3, -0.25) is 14.8 Å². The molecule has 0 atom stereocenters. The number of rotatable bonds is 11. The minimum Gasteiger partial charge on any atom is -0.512 e. The SMILES string of the molecule is CC(C)Cc1cc2c(-c3cc(-c4[c-]c5ccccc5c(C(C)(C)C)c4)ncn3)nccc2o1.CCC(C)(CC)C(=O)/C=C(\O)C(C)(CC)CC.[Ir]. The Morgan fingerprint density at radius 3 is 2.08 bits per heavy atom. The fourth-order valence-corrected chi connectivity index (χ4v) is 6.03. The molecular formula is C44H56IrN3O3-. The van der Waals surface area contributed by atoms with Crippen LogP contribution in [0.3, 0.4) is 0 Å². The van der Waals surface area contributed by atoms with E-state index in [2.05, 4.69) is 92.0 Å². The molecule has 5 aromatic rings. The maximum atomic E-state index is 12.2. The zero-order valence-corrected chi connectivity index (χ0v) is 34.8. The maximum Gasteiger partial charge on any atom is 0.164 e. The van der Waals surface area contributed by atoms with Crippen molar-refractivity contribution in [2.75, 3.05) is 0 Å². The molecule has 0 aliphatic carbocycles. The van der Waals surface area contributed by atoms with Gasteiger partial charge in [0, 0.05) is 60.7 Å². The molecule has 0 aliphatic heterocycles. The molecule has 275 valence electrons. The first-order valence-electron chi connectivity index (χ1n) is 18.2. The van der Waals surface area contributed by atoms with Gasteiger partial charge < -0.3 is 9.52 Å². The quantitative estimate of drug-likeness (QED) is 0.0808. The fraction of sp³-hybridized carbons (Fsp3) is 0.455. The van der Waals surface area contributed by atoms with Gasteiger partial charge >= 0.3 is 0 Å². The molecule has 2 aromatic carbocycles. The molecule has 0 unspecified atom stereocenters. The molecule has 0 saturated carbocycles. The van der Waals surface area contributed by atoms with Crippen molar-refractivity contribution in [2.24, 2.45) is 16.7 Å². The number of fused-ring (bicyclic) bond motifs is 2. The molecule has 0 aliphatic rings. The average Bonchev–Trinajstić information content (AvgIpc) is 3.52. The third kappa shape index (κ3) is 9.61. The van der Waals surface area contributed by atoms with E-state index in [-0.39, 0.29) is 47.9 Å². The van der Waals surface area contributed by atoms with Crippen molar-refractivity contribution in [1.29, 1.82) is 0 Å². The molecule has 7 heteroatoms. The van der Waals surface area contributed by atoms with E-state index >= 15 is 0 Å². The van der Waals surface area contributed by atoms with Crippen molar-refractivity contribution in [1.82, 2.24) is 15.0 Å². The van der Waals surface area contributed by atoms with Gasteiger partial charge in [0.05, 0.1) is 11.4 Å². The molecule has 0 spiro atoms. The van der Waals surface area contributed by atoms with Crippen molar-refractivity contribution >= 4 is 27.5 Å². The third-order valence-corrected chi connectivity index (χ3v) is 10.5. The average molecular weight is 867 g/mol. The van der Waals surface area contributed by atoms with Crippen LogP contribution in [0.25, 0.3) is 44.4 Å². The molecule has 5 rings (SSSR count). The molecular weight excluding hydrogens is 811 g/mol. The molecule has 51 heavy (non-hydrogen) atoms. The second-order valence-electron chi connectivity index (χ2n) is 15.5. The molecule has 0 amide bonds. The normalized spacial score (nSPS) is 12.5. The first kappa shape index (κ1) is 41.7. The van der Waals surface area contributed by atoms with Gasteiger partial charge in [-0.05, 0) is 55.2 Å². The van der Waals surface area contributed by atoms with Gasteiger partial charge in [0.1, 0.15) is 23.4 Å². The van der Waals surface area contributed by atoms with Crippen LogP contribution in [0.2, 0.25) is 0 Å². The minimum absolute atomic E-state index is 0.